The molecule has 0 atom stereocenters. The van der Waals surface area contributed by atoms with Gasteiger partial charge in [-0.2, -0.15) is 0 Å². The standard InChI is InChI=1S/C19H19BrN4O3S/c1-9-7-12(20)5-6-13(9)24-14(25)8-21-17-15-10(2)16(19(26)27-4)28-18(15)23-11(3)22-17/h5-7H,8H2,1-4H3,(H,24,25)(H,21,22,23). The highest BCUT2D eigenvalue weighted by atomic mass is 79.9. The van der Waals surface area contributed by atoms with E-state index in [-0.39, 0.29) is 12.5 Å². The number of thiophene rings is 1. The second-order valence-corrected chi connectivity index (χ2v) is 8.12. The van der Waals surface area contributed by atoms with Crippen molar-refractivity contribution in [3.8, 4) is 0 Å². The van der Waals surface area contributed by atoms with Crippen LogP contribution in [0.3, 0.4) is 0 Å². The fourth-order valence-corrected chi connectivity index (χ4v) is 4.41. The van der Waals surface area contributed by atoms with Crippen molar-refractivity contribution >= 4 is 60.9 Å². The largest absolute Gasteiger partial charge is 0.465 e. The Morgan fingerprint density at radius 1 is 1.21 bits per heavy atom. The summed E-state index contributed by atoms with van der Waals surface area (Å²) in [6.07, 6.45) is 0. The van der Waals surface area contributed by atoms with Crippen LogP contribution in [0.2, 0.25) is 0 Å². The molecule has 28 heavy (non-hydrogen) atoms. The fourth-order valence-electron chi connectivity index (χ4n) is 2.79. The van der Waals surface area contributed by atoms with Gasteiger partial charge in [0.2, 0.25) is 5.91 Å². The van der Waals surface area contributed by atoms with Gasteiger partial charge in [-0.15, -0.1) is 11.3 Å². The van der Waals surface area contributed by atoms with Crippen molar-refractivity contribution in [1.29, 1.82) is 0 Å². The van der Waals surface area contributed by atoms with Gasteiger partial charge in [-0.1, -0.05) is 15.9 Å². The van der Waals surface area contributed by atoms with Gasteiger partial charge in [-0.05, 0) is 50.1 Å². The molecule has 9 heteroatoms. The molecule has 0 fully saturated rings. The third kappa shape index (κ3) is 4.15. The normalized spacial score (nSPS) is 10.8. The molecule has 1 aromatic carbocycles. The zero-order valence-corrected chi connectivity index (χ0v) is 18.2. The number of fused-ring (bicyclic) bond motifs is 1. The minimum Gasteiger partial charge on any atom is -0.465 e. The average molecular weight is 463 g/mol. The van der Waals surface area contributed by atoms with Crippen LogP contribution in [-0.2, 0) is 9.53 Å². The molecule has 0 aliphatic heterocycles. The van der Waals surface area contributed by atoms with Crippen molar-refractivity contribution in [2.45, 2.75) is 20.8 Å². The van der Waals surface area contributed by atoms with Crippen LogP contribution in [0.1, 0.15) is 26.6 Å². The van der Waals surface area contributed by atoms with Crippen LogP contribution in [0.4, 0.5) is 11.5 Å². The van der Waals surface area contributed by atoms with E-state index in [4.69, 9.17) is 4.74 Å². The zero-order chi connectivity index (χ0) is 20.4. The molecule has 0 bridgehead atoms. The Morgan fingerprint density at radius 3 is 2.64 bits per heavy atom. The van der Waals surface area contributed by atoms with Gasteiger partial charge in [0.05, 0.1) is 19.0 Å². The van der Waals surface area contributed by atoms with Gasteiger partial charge in [-0.25, -0.2) is 14.8 Å². The molecule has 3 rings (SSSR count). The Kier molecular flexibility index (Phi) is 5.95. The molecular weight excluding hydrogens is 444 g/mol. The number of anilines is 2. The van der Waals surface area contributed by atoms with E-state index in [1.54, 1.807) is 6.92 Å². The number of halogens is 1. The van der Waals surface area contributed by atoms with E-state index in [1.807, 2.05) is 32.0 Å². The van der Waals surface area contributed by atoms with Crippen molar-refractivity contribution in [3.63, 3.8) is 0 Å². The number of hydrogen-bond acceptors (Lipinski definition) is 7. The highest BCUT2D eigenvalue weighted by Crippen LogP contribution is 2.34. The SMILES string of the molecule is COC(=O)c1sc2nc(C)nc(NCC(=O)Nc3ccc(Br)cc3C)c2c1C. The lowest BCUT2D eigenvalue weighted by Gasteiger charge is -2.11. The number of ether oxygens (including phenoxy) is 1. The molecule has 1 amide bonds. The first-order valence-corrected chi connectivity index (χ1v) is 10.1. The minimum absolute atomic E-state index is 0.0316. The van der Waals surface area contributed by atoms with Gasteiger partial charge in [0.25, 0.3) is 0 Å². The molecule has 0 aliphatic rings. The molecule has 0 saturated heterocycles. The predicted octanol–water partition coefficient (Wildman–Crippen LogP) is 4.22. The average Bonchev–Trinajstić information content (AvgIpc) is 2.98. The Hall–Kier alpha value is -2.52. The summed E-state index contributed by atoms with van der Waals surface area (Å²) < 4.78 is 5.79. The number of carbonyl (C=O) groups excluding carboxylic acids is 2. The van der Waals surface area contributed by atoms with Gasteiger partial charge >= 0.3 is 5.97 Å². The molecule has 3 aromatic rings. The lowest BCUT2D eigenvalue weighted by atomic mass is 10.2. The number of aromatic nitrogens is 2. The van der Waals surface area contributed by atoms with Gasteiger partial charge in [0, 0.05) is 10.2 Å². The molecule has 7 nitrogen and oxygen atoms in total. The quantitative estimate of drug-likeness (QED) is 0.551. The Morgan fingerprint density at radius 2 is 1.96 bits per heavy atom. The van der Waals surface area contributed by atoms with E-state index in [2.05, 4.69) is 36.5 Å². The Bertz CT molecular complexity index is 1080. The topological polar surface area (TPSA) is 93.2 Å². The fraction of sp³-hybridized carbons (Fsp3) is 0.263. The van der Waals surface area contributed by atoms with Crippen LogP contribution in [0, 0.1) is 20.8 Å². The summed E-state index contributed by atoms with van der Waals surface area (Å²) in [6, 6.07) is 5.65. The highest BCUT2D eigenvalue weighted by molar-refractivity contribution is 9.10. The summed E-state index contributed by atoms with van der Waals surface area (Å²) in [5.41, 5.74) is 2.44. The number of rotatable bonds is 5. The Labute approximate surface area is 174 Å². The molecule has 0 unspecified atom stereocenters. The summed E-state index contributed by atoms with van der Waals surface area (Å²) >= 11 is 4.66. The smallest absolute Gasteiger partial charge is 0.348 e. The number of nitrogens with one attached hydrogen (secondary N) is 2. The number of amides is 1. The monoisotopic (exact) mass is 462 g/mol. The van der Waals surface area contributed by atoms with Crippen LogP contribution < -0.4 is 10.6 Å². The van der Waals surface area contributed by atoms with Crippen LogP contribution in [0.5, 0.6) is 0 Å². The Balaban J connectivity index is 1.82. The molecule has 2 heterocycles. The summed E-state index contributed by atoms with van der Waals surface area (Å²) in [5, 5.41) is 6.68. The number of benzene rings is 1. The lowest BCUT2D eigenvalue weighted by molar-refractivity contribution is -0.114. The molecule has 146 valence electrons. The summed E-state index contributed by atoms with van der Waals surface area (Å²) in [4.78, 5) is 34.3. The first-order valence-electron chi connectivity index (χ1n) is 8.46. The van der Waals surface area contributed by atoms with Crippen LogP contribution in [0.15, 0.2) is 22.7 Å². The molecule has 2 aromatic heterocycles. The first-order chi connectivity index (χ1) is 13.3. The molecule has 0 saturated carbocycles. The van der Waals surface area contributed by atoms with Crippen molar-refractivity contribution in [1.82, 2.24) is 9.97 Å². The number of carbonyl (C=O) groups is 2. The van der Waals surface area contributed by atoms with Crippen LogP contribution in [-0.4, -0.2) is 35.5 Å². The maximum Gasteiger partial charge on any atom is 0.348 e. The third-order valence-corrected chi connectivity index (χ3v) is 5.81. The number of methoxy groups -OCH3 is 1. The third-order valence-electron chi connectivity index (χ3n) is 4.15. The first kappa shape index (κ1) is 20.2. The lowest BCUT2D eigenvalue weighted by Crippen LogP contribution is -2.22. The second kappa shape index (κ2) is 8.24. The summed E-state index contributed by atoms with van der Waals surface area (Å²) in [7, 11) is 1.34. The molecule has 0 radical (unpaired) electrons. The molecular formula is C19H19BrN4O3S. The van der Waals surface area contributed by atoms with E-state index in [0.717, 1.165) is 26.7 Å². The maximum atomic E-state index is 12.4. The molecule has 0 spiro atoms. The maximum absolute atomic E-state index is 12.4. The van der Waals surface area contributed by atoms with E-state index in [9.17, 15) is 9.59 Å². The van der Waals surface area contributed by atoms with Crippen molar-refractivity contribution in [2.24, 2.45) is 0 Å². The van der Waals surface area contributed by atoms with E-state index >= 15 is 0 Å². The number of hydrogen-bond donors (Lipinski definition) is 2. The number of aryl methyl sites for hydroxylation is 3. The second-order valence-electron chi connectivity index (χ2n) is 6.21. The molecule has 2 N–H and O–H groups in total. The van der Waals surface area contributed by atoms with Crippen molar-refractivity contribution in [2.75, 3.05) is 24.3 Å². The van der Waals surface area contributed by atoms with Crippen molar-refractivity contribution < 1.29 is 14.3 Å². The summed E-state index contributed by atoms with van der Waals surface area (Å²) in [6.45, 7) is 5.54. The van der Waals surface area contributed by atoms with E-state index in [1.165, 1.54) is 18.4 Å². The van der Waals surface area contributed by atoms with Crippen LogP contribution >= 0.6 is 27.3 Å². The van der Waals surface area contributed by atoms with E-state index in [0.29, 0.717) is 21.3 Å². The van der Waals surface area contributed by atoms with Crippen molar-refractivity contribution in [3.05, 3.63) is 44.5 Å². The molecule has 0 aliphatic carbocycles. The van der Waals surface area contributed by atoms with E-state index < -0.39 is 5.97 Å². The highest BCUT2D eigenvalue weighted by Gasteiger charge is 2.20. The number of nitrogens with zero attached hydrogens (tertiary/aromatic N) is 2. The van der Waals surface area contributed by atoms with Gasteiger partial charge in [0.15, 0.2) is 0 Å². The van der Waals surface area contributed by atoms with Gasteiger partial charge in [0.1, 0.15) is 21.3 Å². The van der Waals surface area contributed by atoms with Gasteiger partial charge in [-0.3, -0.25) is 4.79 Å². The summed E-state index contributed by atoms with van der Waals surface area (Å²) in [5.74, 6) is 0.467. The van der Waals surface area contributed by atoms with Gasteiger partial charge < -0.3 is 15.4 Å². The van der Waals surface area contributed by atoms with Crippen LogP contribution in [0.25, 0.3) is 10.2 Å². The minimum atomic E-state index is -0.410. The zero-order valence-electron chi connectivity index (χ0n) is 15.8. The predicted molar refractivity (Wildman–Crippen MR) is 114 cm³/mol. The number of esters is 1.